The van der Waals surface area contributed by atoms with E-state index in [0.717, 1.165) is 29.3 Å². The predicted molar refractivity (Wildman–Crippen MR) is 77.9 cm³/mol. The van der Waals surface area contributed by atoms with E-state index in [0.29, 0.717) is 6.54 Å². The second kappa shape index (κ2) is 6.91. The second-order valence-corrected chi connectivity index (χ2v) is 5.74. The van der Waals surface area contributed by atoms with Crippen LogP contribution in [0.4, 0.5) is 4.79 Å². The number of methoxy groups -OCH3 is 1. The number of hydrogen-bond donors (Lipinski definition) is 2. The Labute approximate surface area is 122 Å². The summed E-state index contributed by atoms with van der Waals surface area (Å²) in [4.78, 5) is 11.8. The van der Waals surface area contributed by atoms with Crippen molar-refractivity contribution in [3.63, 3.8) is 0 Å². The fraction of sp³-hybridized carbons (Fsp3) is 0.500. The maximum absolute atomic E-state index is 11.8. The molecule has 0 aromatic heterocycles. The fourth-order valence-corrected chi connectivity index (χ4v) is 2.57. The normalized spacial score (nSPS) is 22.2. The van der Waals surface area contributed by atoms with E-state index in [1.807, 2.05) is 24.3 Å². The highest BCUT2D eigenvalue weighted by molar-refractivity contribution is 9.10. The molecule has 2 amide bonds. The maximum Gasteiger partial charge on any atom is 0.315 e. The summed E-state index contributed by atoms with van der Waals surface area (Å²) >= 11 is 3.38. The number of carbonyl (C=O) groups excluding carboxylic acids is 1. The van der Waals surface area contributed by atoms with Crippen LogP contribution in [0, 0.1) is 0 Å². The Morgan fingerprint density at radius 2 is 2.11 bits per heavy atom. The Balaban J connectivity index is 1.71. The standard InChI is InChI=1S/C14H19BrN2O2/c1-19-13-7-6-12(8-13)17-14(18)16-9-10-2-4-11(15)5-3-10/h2-5,12-13H,6-9H2,1H3,(H2,16,17,18)/t12-,13-/m1/s1. The van der Waals surface area contributed by atoms with Crippen LogP contribution in [0.1, 0.15) is 24.8 Å². The molecule has 0 spiro atoms. The molecule has 1 saturated carbocycles. The van der Waals surface area contributed by atoms with Crippen LogP contribution in [-0.4, -0.2) is 25.3 Å². The summed E-state index contributed by atoms with van der Waals surface area (Å²) in [7, 11) is 1.72. The Hall–Kier alpha value is -1.07. The average Bonchev–Trinajstić information content (AvgIpc) is 2.86. The monoisotopic (exact) mass is 326 g/mol. The molecule has 0 unspecified atom stereocenters. The van der Waals surface area contributed by atoms with Gasteiger partial charge in [-0.1, -0.05) is 28.1 Å². The second-order valence-electron chi connectivity index (χ2n) is 4.82. The largest absolute Gasteiger partial charge is 0.381 e. The molecule has 1 aromatic carbocycles. The minimum absolute atomic E-state index is 0.107. The van der Waals surface area contributed by atoms with E-state index in [4.69, 9.17) is 4.74 Å². The third-order valence-corrected chi connectivity index (χ3v) is 3.95. The van der Waals surface area contributed by atoms with Crippen LogP contribution < -0.4 is 10.6 Å². The summed E-state index contributed by atoms with van der Waals surface area (Å²) in [5.41, 5.74) is 1.08. The topological polar surface area (TPSA) is 50.4 Å². The average molecular weight is 327 g/mol. The minimum atomic E-state index is -0.107. The van der Waals surface area contributed by atoms with Crippen molar-refractivity contribution in [2.24, 2.45) is 0 Å². The lowest BCUT2D eigenvalue weighted by molar-refractivity contribution is 0.107. The van der Waals surface area contributed by atoms with Crippen molar-refractivity contribution in [1.29, 1.82) is 0 Å². The van der Waals surface area contributed by atoms with E-state index in [-0.39, 0.29) is 18.2 Å². The van der Waals surface area contributed by atoms with Gasteiger partial charge in [0.1, 0.15) is 0 Å². The van der Waals surface area contributed by atoms with Crippen molar-refractivity contribution in [2.45, 2.75) is 38.0 Å². The van der Waals surface area contributed by atoms with Gasteiger partial charge in [-0.3, -0.25) is 0 Å². The van der Waals surface area contributed by atoms with Gasteiger partial charge in [0.15, 0.2) is 0 Å². The van der Waals surface area contributed by atoms with Crippen molar-refractivity contribution in [2.75, 3.05) is 7.11 Å². The molecular weight excluding hydrogens is 308 g/mol. The van der Waals surface area contributed by atoms with Crippen LogP contribution in [0.25, 0.3) is 0 Å². The number of carbonyl (C=O) groups is 1. The lowest BCUT2D eigenvalue weighted by atomic mass is 10.2. The van der Waals surface area contributed by atoms with Gasteiger partial charge in [-0.05, 0) is 37.0 Å². The van der Waals surface area contributed by atoms with E-state index >= 15 is 0 Å². The van der Waals surface area contributed by atoms with Gasteiger partial charge in [-0.15, -0.1) is 0 Å². The van der Waals surface area contributed by atoms with Crippen LogP contribution in [0.5, 0.6) is 0 Å². The maximum atomic E-state index is 11.8. The van der Waals surface area contributed by atoms with E-state index in [1.54, 1.807) is 7.11 Å². The summed E-state index contributed by atoms with van der Waals surface area (Å²) in [5.74, 6) is 0. The zero-order chi connectivity index (χ0) is 13.7. The molecule has 1 aliphatic carbocycles. The first kappa shape index (κ1) is 14.3. The quantitative estimate of drug-likeness (QED) is 0.893. The van der Waals surface area contributed by atoms with Crippen molar-refractivity contribution in [3.8, 4) is 0 Å². The molecule has 2 rings (SSSR count). The third-order valence-electron chi connectivity index (χ3n) is 3.42. The Morgan fingerprint density at radius 3 is 2.74 bits per heavy atom. The van der Waals surface area contributed by atoms with Crippen molar-refractivity contribution in [1.82, 2.24) is 10.6 Å². The molecule has 104 valence electrons. The van der Waals surface area contributed by atoms with Gasteiger partial charge in [-0.2, -0.15) is 0 Å². The number of benzene rings is 1. The summed E-state index contributed by atoms with van der Waals surface area (Å²) < 4.78 is 6.33. The van der Waals surface area contributed by atoms with Crippen molar-refractivity contribution >= 4 is 22.0 Å². The molecule has 2 atom stereocenters. The smallest absolute Gasteiger partial charge is 0.315 e. The van der Waals surface area contributed by atoms with Gasteiger partial charge in [0.25, 0.3) is 0 Å². The van der Waals surface area contributed by atoms with Crippen molar-refractivity contribution < 1.29 is 9.53 Å². The summed E-state index contributed by atoms with van der Waals surface area (Å²) in [6, 6.07) is 8.03. The zero-order valence-electron chi connectivity index (χ0n) is 11.0. The van der Waals surface area contributed by atoms with E-state index in [9.17, 15) is 4.79 Å². The lowest BCUT2D eigenvalue weighted by Crippen LogP contribution is -2.40. The molecule has 4 nitrogen and oxygen atoms in total. The van der Waals surface area contributed by atoms with Crippen LogP contribution in [0.15, 0.2) is 28.7 Å². The van der Waals surface area contributed by atoms with Crippen molar-refractivity contribution in [3.05, 3.63) is 34.3 Å². The number of nitrogens with one attached hydrogen (secondary N) is 2. The predicted octanol–water partition coefficient (Wildman–Crippen LogP) is 2.82. The number of amides is 2. The molecular formula is C14H19BrN2O2. The van der Waals surface area contributed by atoms with Crippen LogP contribution in [-0.2, 0) is 11.3 Å². The first-order valence-electron chi connectivity index (χ1n) is 6.49. The Kier molecular flexibility index (Phi) is 5.22. The lowest BCUT2D eigenvalue weighted by Gasteiger charge is -2.13. The summed E-state index contributed by atoms with van der Waals surface area (Å²) in [6.45, 7) is 0.541. The number of ether oxygens (including phenoxy) is 1. The molecule has 19 heavy (non-hydrogen) atoms. The molecule has 0 heterocycles. The molecule has 5 heteroatoms. The van der Waals surface area contributed by atoms with Gasteiger partial charge < -0.3 is 15.4 Å². The highest BCUT2D eigenvalue weighted by atomic mass is 79.9. The van der Waals surface area contributed by atoms with Gasteiger partial charge in [-0.25, -0.2) is 4.79 Å². The number of halogens is 1. The van der Waals surface area contributed by atoms with Crippen LogP contribution >= 0.6 is 15.9 Å². The van der Waals surface area contributed by atoms with E-state index < -0.39 is 0 Å². The molecule has 0 radical (unpaired) electrons. The van der Waals surface area contributed by atoms with Gasteiger partial charge in [0.05, 0.1) is 6.10 Å². The molecule has 0 aliphatic heterocycles. The fourth-order valence-electron chi connectivity index (χ4n) is 2.31. The van der Waals surface area contributed by atoms with E-state index in [2.05, 4.69) is 26.6 Å². The highest BCUT2D eigenvalue weighted by Crippen LogP contribution is 2.21. The van der Waals surface area contributed by atoms with Gasteiger partial charge in [0.2, 0.25) is 0 Å². The summed E-state index contributed by atoms with van der Waals surface area (Å²) in [6.07, 6.45) is 3.21. The van der Waals surface area contributed by atoms with Crippen LogP contribution in [0.2, 0.25) is 0 Å². The number of hydrogen-bond acceptors (Lipinski definition) is 2. The summed E-state index contributed by atoms with van der Waals surface area (Å²) in [5, 5.41) is 5.86. The first-order valence-corrected chi connectivity index (χ1v) is 7.28. The van der Waals surface area contributed by atoms with Gasteiger partial charge >= 0.3 is 6.03 Å². The number of rotatable bonds is 4. The zero-order valence-corrected chi connectivity index (χ0v) is 12.6. The molecule has 0 bridgehead atoms. The van der Waals surface area contributed by atoms with Gasteiger partial charge in [0, 0.05) is 24.2 Å². The first-order chi connectivity index (χ1) is 9.17. The number of urea groups is 1. The third kappa shape index (κ3) is 4.51. The molecule has 0 saturated heterocycles. The highest BCUT2D eigenvalue weighted by Gasteiger charge is 2.25. The SMILES string of the molecule is CO[C@@H]1CC[C@@H](NC(=O)NCc2ccc(Br)cc2)C1. The van der Waals surface area contributed by atoms with E-state index in [1.165, 1.54) is 0 Å². The molecule has 1 aliphatic rings. The minimum Gasteiger partial charge on any atom is -0.381 e. The van der Waals surface area contributed by atoms with Crippen LogP contribution in [0.3, 0.4) is 0 Å². The Bertz CT molecular complexity index is 422. The molecule has 2 N–H and O–H groups in total. The molecule has 1 aromatic rings. The molecule has 1 fully saturated rings. The Morgan fingerprint density at radius 1 is 1.37 bits per heavy atom.